The van der Waals surface area contributed by atoms with Crippen molar-refractivity contribution in [2.24, 2.45) is 5.92 Å². The van der Waals surface area contributed by atoms with Gasteiger partial charge >= 0.3 is 0 Å². The summed E-state index contributed by atoms with van der Waals surface area (Å²) < 4.78 is 0. The predicted molar refractivity (Wildman–Crippen MR) is 138 cm³/mol. The van der Waals surface area contributed by atoms with Crippen LogP contribution < -0.4 is 15.8 Å². The summed E-state index contributed by atoms with van der Waals surface area (Å²) >= 11 is 0. The fraction of sp³-hybridized carbons (Fsp3) is 0.840. The lowest BCUT2D eigenvalue weighted by Crippen LogP contribution is -2.40. The Hall–Kier alpha value is -1.19. The molecule has 0 saturated heterocycles. The quantitative estimate of drug-likeness (QED) is 0.731. The van der Waals surface area contributed by atoms with Crippen LogP contribution in [0.25, 0.3) is 0 Å². The van der Waals surface area contributed by atoms with Crippen LogP contribution in [0.15, 0.2) is 6.07 Å². The molecule has 4 nitrogen and oxygen atoms in total. The van der Waals surface area contributed by atoms with Crippen LogP contribution in [0.4, 0.5) is 11.5 Å². The lowest BCUT2D eigenvalue weighted by Gasteiger charge is -2.35. The molecule has 6 heteroatoms. The van der Waals surface area contributed by atoms with Crippen LogP contribution in [0, 0.1) is 5.92 Å². The van der Waals surface area contributed by atoms with Crippen molar-refractivity contribution in [3.8, 4) is 0 Å². The van der Waals surface area contributed by atoms with Crippen LogP contribution in [0.3, 0.4) is 0 Å². The Balaban J connectivity index is 1.44. The minimum Gasteiger partial charge on any atom is -0.366 e. The third-order valence-electron chi connectivity index (χ3n) is 8.21. The van der Waals surface area contributed by atoms with Gasteiger partial charge in [0.15, 0.2) is 13.1 Å². The number of hydrogen-bond donors (Lipinski definition) is 1. The number of nitrogens with one attached hydrogen (secondary N) is 1. The maximum Gasteiger partial charge on any atom is 0.183 e. The Labute approximate surface area is 192 Å². The molecule has 0 bridgehead atoms. The molecule has 170 valence electrons. The van der Waals surface area contributed by atoms with Crippen LogP contribution in [-0.2, 0) is 0 Å². The van der Waals surface area contributed by atoms with Gasteiger partial charge in [-0.05, 0) is 24.8 Å². The summed E-state index contributed by atoms with van der Waals surface area (Å²) in [5.74, 6) is 1.85. The number of fused-ring (bicyclic) bond motifs is 1. The first-order valence-electron chi connectivity index (χ1n) is 13.6. The van der Waals surface area contributed by atoms with E-state index in [9.17, 15) is 0 Å². The largest absolute Gasteiger partial charge is 0.366 e. The monoisotopic (exact) mass is 422 g/mol. The minimum absolute atomic E-state index is 0.395. The molecule has 4 rings (SSSR count). The van der Waals surface area contributed by atoms with Gasteiger partial charge in [0.2, 0.25) is 0 Å². The van der Waals surface area contributed by atoms with E-state index in [1.807, 2.05) is 0 Å². The average Bonchev–Trinajstić information content (AvgIpc) is 2.76. The van der Waals surface area contributed by atoms with E-state index < -0.39 is 0 Å². The van der Waals surface area contributed by atoms with Crippen molar-refractivity contribution in [1.82, 2.24) is 10.2 Å². The summed E-state index contributed by atoms with van der Waals surface area (Å²) in [7, 11) is 3.58. The zero-order valence-corrected chi connectivity index (χ0v) is 20.1. The highest BCUT2D eigenvalue weighted by atomic mass is 15.3. The molecule has 1 aliphatic heterocycles. The van der Waals surface area contributed by atoms with E-state index in [1.54, 1.807) is 0 Å². The van der Waals surface area contributed by atoms with Gasteiger partial charge in [-0.1, -0.05) is 95.1 Å². The van der Waals surface area contributed by atoms with Gasteiger partial charge in [0.1, 0.15) is 7.85 Å². The van der Waals surface area contributed by atoms with Gasteiger partial charge in [-0.15, -0.1) is 5.10 Å². The molecule has 2 heterocycles. The van der Waals surface area contributed by atoms with Gasteiger partial charge in [-0.2, -0.15) is 5.10 Å². The third-order valence-corrected chi connectivity index (χ3v) is 8.21. The first kappa shape index (κ1) is 23.0. The molecule has 2 fully saturated rings. The predicted octanol–water partition coefficient (Wildman–Crippen LogP) is 4.40. The van der Waals surface area contributed by atoms with Crippen molar-refractivity contribution in [1.29, 1.82) is 0 Å². The lowest BCUT2D eigenvalue weighted by molar-refractivity contribution is 0.387. The van der Waals surface area contributed by atoms with E-state index in [0.717, 1.165) is 32.1 Å². The van der Waals surface area contributed by atoms with Crippen LogP contribution >= 0.6 is 0 Å². The Kier molecular flexibility index (Phi) is 8.61. The molecular formula is C25H44B2N4. The zero-order valence-electron chi connectivity index (χ0n) is 20.1. The van der Waals surface area contributed by atoms with E-state index in [2.05, 4.69) is 34.3 Å². The van der Waals surface area contributed by atoms with Crippen LogP contribution in [0.2, 0.25) is 5.21 Å². The van der Waals surface area contributed by atoms with Crippen LogP contribution in [0.1, 0.15) is 103 Å². The van der Waals surface area contributed by atoms with Crippen molar-refractivity contribution in [3.63, 3.8) is 0 Å². The van der Waals surface area contributed by atoms with Gasteiger partial charge in [0.25, 0.3) is 0 Å². The number of rotatable bonds is 4. The average molecular weight is 422 g/mol. The number of aromatic nitrogens is 2. The van der Waals surface area contributed by atoms with Gasteiger partial charge in [0, 0.05) is 25.2 Å². The summed E-state index contributed by atoms with van der Waals surface area (Å²) in [6.07, 6.45) is 22.5. The standard InChI is InChI=1S/C25H44B2N4/c26-25(15-11-7-4-8-12-16-25)27-23-19-22-24(30-29-23)28-17-18-31(22)20-21-13-9-5-2-1-3-6-10-14-21/h19,21,27H,1-18,20,26H2,(H,28,30). The summed E-state index contributed by atoms with van der Waals surface area (Å²) in [6.45, 7) is 3.30. The van der Waals surface area contributed by atoms with E-state index in [4.69, 9.17) is 0 Å². The van der Waals surface area contributed by atoms with Crippen LogP contribution in [-0.4, -0.2) is 45.0 Å². The second kappa shape index (κ2) is 11.6. The highest BCUT2D eigenvalue weighted by Gasteiger charge is 2.29. The molecule has 0 spiro atoms. The number of nitrogens with zero attached hydrogens (tertiary/aromatic N) is 3. The smallest absolute Gasteiger partial charge is 0.183 e. The lowest BCUT2D eigenvalue weighted by atomic mass is 9.38. The molecule has 0 atom stereocenters. The first-order chi connectivity index (χ1) is 15.2. The van der Waals surface area contributed by atoms with Crippen molar-refractivity contribution >= 4 is 32.2 Å². The van der Waals surface area contributed by atoms with Gasteiger partial charge in [0.05, 0.1) is 5.69 Å². The fourth-order valence-electron chi connectivity index (χ4n) is 6.25. The van der Waals surface area contributed by atoms with E-state index in [1.165, 1.54) is 121 Å². The Bertz CT molecular complexity index is 665. The molecular weight excluding hydrogens is 378 g/mol. The molecule has 1 aromatic rings. The Morgan fingerprint density at radius 2 is 1.52 bits per heavy atom. The highest BCUT2D eigenvalue weighted by Crippen LogP contribution is 2.37. The van der Waals surface area contributed by atoms with Crippen molar-refractivity contribution in [3.05, 3.63) is 6.07 Å². The molecule has 0 amide bonds. The van der Waals surface area contributed by atoms with E-state index in [0.29, 0.717) is 5.21 Å². The second-order valence-corrected chi connectivity index (χ2v) is 11.1. The zero-order chi connectivity index (χ0) is 21.4. The Morgan fingerprint density at radius 3 is 2.19 bits per heavy atom. The third kappa shape index (κ3) is 6.89. The molecule has 2 saturated carbocycles. The number of anilines is 2. The highest BCUT2D eigenvalue weighted by molar-refractivity contribution is 6.64. The molecule has 3 aliphatic rings. The Morgan fingerprint density at radius 1 is 0.903 bits per heavy atom. The fourth-order valence-corrected chi connectivity index (χ4v) is 6.25. The summed E-state index contributed by atoms with van der Waals surface area (Å²) in [5.41, 5.74) is 2.53. The van der Waals surface area contributed by atoms with Crippen molar-refractivity contribution in [2.45, 2.75) is 108 Å². The van der Waals surface area contributed by atoms with Gasteiger partial charge < -0.3 is 10.2 Å². The molecule has 31 heavy (non-hydrogen) atoms. The molecule has 1 aromatic heterocycles. The maximum atomic E-state index is 4.68. The maximum absolute atomic E-state index is 4.68. The van der Waals surface area contributed by atoms with E-state index in [-0.39, 0.29) is 0 Å². The normalized spacial score (nSPS) is 23.7. The van der Waals surface area contributed by atoms with Gasteiger partial charge in [-0.3, -0.25) is 0 Å². The molecule has 0 unspecified atom stereocenters. The second-order valence-electron chi connectivity index (χ2n) is 11.1. The van der Waals surface area contributed by atoms with Gasteiger partial charge in [-0.25, -0.2) is 0 Å². The summed E-state index contributed by atoms with van der Waals surface area (Å²) in [4.78, 5) is 2.64. The van der Waals surface area contributed by atoms with E-state index >= 15 is 0 Å². The molecule has 1 N–H and O–H groups in total. The molecule has 2 aliphatic carbocycles. The first-order valence-corrected chi connectivity index (χ1v) is 13.6. The SMILES string of the molecule is BC1(Bc2cc3c(nn2)NCCN3CC2CCCCCCCCC2)CCCCCCC1. The molecule has 0 aromatic carbocycles. The summed E-state index contributed by atoms with van der Waals surface area (Å²) in [5, 5.41) is 13.2. The topological polar surface area (TPSA) is 41.1 Å². The number of hydrogen-bond acceptors (Lipinski definition) is 4. The molecule has 0 radical (unpaired) electrons. The van der Waals surface area contributed by atoms with Crippen molar-refractivity contribution in [2.75, 3.05) is 29.9 Å². The van der Waals surface area contributed by atoms with Crippen molar-refractivity contribution < 1.29 is 0 Å². The van der Waals surface area contributed by atoms with Crippen LogP contribution in [0.5, 0.6) is 0 Å². The summed E-state index contributed by atoms with van der Waals surface area (Å²) in [6, 6.07) is 2.39. The minimum atomic E-state index is 0.395.